The van der Waals surface area contributed by atoms with Crippen molar-refractivity contribution in [2.24, 2.45) is 5.73 Å². The number of hydrogen-bond donors (Lipinski definition) is 2. The van der Waals surface area contributed by atoms with Gasteiger partial charge in [0.2, 0.25) is 5.91 Å². The third-order valence-electron chi connectivity index (χ3n) is 0.606. The van der Waals surface area contributed by atoms with E-state index in [1.54, 1.807) is 0 Å². The molecule has 0 aromatic rings. The maximum Gasteiger partial charge on any atom is 1.00 e. The summed E-state index contributed by atoms with van der Waals surface area (Å²) in [5.74, 6) is -1.34. The second-order valence-electron chi connectivity index (χ2n) is 1.50. The van der Waals surface area contributed by atoms with Crippen LogP contribution < -0.4 is 35.3 Å². The average Bonchev–Trinajstić information content (AvgIpc) is 1.59. The Morgan fingerprint density at radius 1 is 1.60 bits per heavy atom. The van der Waals surface area contributed by atoms with Crippen molar-refractivity contribution in [3.8, 4) is 0 Å². The van der Waals surface area contributed by atoms with Crippen LogP contribution in [0.4, 0.5) is 0 Å². The molecule has 0 spiro atoms. The van der Waals surface area contributed by atoms with Crippen molar-refractivity contribution in [3.63, 3.8) is 0 Å². The minimum Gasteiger partial charge on any atom is -1.00 e. The molecule has 0 fully saturated rings. The fourth-order valence-corrected chi connectivity index (χ4v) is 0.689. The van der Waals surface area contributed by atoms with Crippen molar-refractivity contribution in [1.29, 1.82) is 0 Å². The summed E-state index contributed by atoms with van der Waals surface area (Å²) in [6.07, 6.45) is -0.334. The Kier molecular flexibility index (Phi) is 6.61. The predicted molar refractivity (Wildman–Crippen MR) is 31.3 cm³/mol. The molecular weight excluding hydrogens is 169 g/mol. The molecule has 0 aliphatic carbocycles. The van der Waals surface area contributed by atoms with Crippen LogP contribution in [0.25, 0.3) is 0 Å². The maximum atomic E-state index is 9.89. The van der Waals surface area contributed by atoms with Gasteiger partial charge in [-0.3, -0.25) is 9.35 Å². The molecule has 0 atom stereocenters. The summed E-state index contributed by atoms with van der Waals surface area (Å²) in [5.41, 5.74) is 4.59. The Morgan fingerprint density at radius 3 is 2.10 bits per heavy atom. The van der Waals surface area contributed by atoms with Crippen LogP contribution in [-0.2, 0) is 14.9 Å². The van der Waals surface area contributed by atoms with E-state index in [1.165, 1.54) is 0 Å². The normalized spacial score (nSPS) is 10.1. The fourth-order valence-electron chi connectivity index (χ4n) is 0.230. The number of nitrogens with two attached hydrogens (primary N) is 1. The Morgan fingerprint density at radius 2 is 2.00 bits per heavy atom. The molecule has 7 heteroatoms. The summed E-state index contributed by atoms with van der Waals surface area (Å²) in [6.45, 7) is 0. The van der Waals surface area contributed by atoms with Crippen LogP contribution in [0.3, 0.4) is 0 Å². The second kappa shape index (κ2) is 5.09. The van der Waals surface area contributed by atoms with Gasteiger partial charge in [-0.05, 0) is 0 Å². The van der Waals surface area contributed by atoms with Gasteiger partial charge in [-0.1, -0.05) is 0 Å². The third-order valence-corrected chi connectivity index (χ3v) is 1.33. The summed E-state index contributed by atoms with van der Waals surface area (Å²) < 4.78 is 27.8. The standard InChI is InChI=1S/C3H7NO4S.Na.H/c4-3(5)1-2-9(6,7)8;;/h1-2H2,(H2,4,5)(H,6,7,8);;/q;+1;-1. The van der Waals surface area contributed by atoms with Gasteiger partial charge >= 0.3 is 29.6 Å². The number of carbonyl (C=O) groups excluding carboxylic acids is 1. The van der Waals surface area contributed by atoms with Gasteiger partial charge in [-0.15, -0.1) is 0 Å². The molecular formula is C3H8NNaO4S. The molecule has 0 bridgehead atoms. The molecule has 0 aromatic heterocycles. The Labute approximate surface area is 82.5 Å². The minimum atomic E-state index is -4.02. The first-order chi connectivity index (χ1) is 3.92. The molecule has 0 aromatic carbocycles. The summed E-state index contributed by atoms with van der Waals surface area (Å²) in [7, 11) is -4.02. The van der Waals surface area contributed by atoms with E-state index in [1.807, 2.05) is 0 Å². The van der Waals surface area contributed by atoms with E-state index in [-0.39, 0.29) is 37.4 Å². The average molecular weight is 177 g/mol. The van der Waals surface area contributed by atoms with Crippen LogP contribution in [0.1, 0.15) is 7.85 Å². The second-order valence-corrected chi connectivity index (χ2v) is 3.07. The first-order valence-corrected chi connectivity index (χ1v) is 3.76. The SMILES string of the molecule is NC(=O)CCS(=O)(=O)O.[H-].[Na+]. The van der Waals surface area contributed by atoms with Crippen LogP contribution in [0.15, 0.2) is 0 Å². The number of rotatable bonds is 3. The third kappa shape index (κ3) is 11.2. The van der Waals surface area contributed by atoms with Gasteiger partial charge in [0.05, 0.1) is 5.75 Å². The fraction of sp³-hybridized carbons (Fsp3) is 0.667. The van der Waals surface area contributed by atoms with Crippen LogP contribution >= 0.6 is 0 Å². The molecule has 0 heterocycles. The molecule has 0 unspecified atom stereocenters. The van der Waals surface area contributed by atoms with Crippen LogP contribution in [0.5, 0.6) is 0 Å². The topological polar surface area (TPSA) is 97.5 Å². The smallest absolute Gasteiger partial charge is 1.00 e. The van der Waals surface area contributed by atoms with Crippen molar-refractivity contribution in [1.82, 2.24) is 0 Å². The van der Waals surface area contributed by atoms with E-state index in [2.05, 4.69) is 5.73 Å². The molecule has 0 saturated heterocycles. The van der Waals surface area contributed by atoms with E-state index in [0.29, 0.717) is 0 Å². The zero-order valence-corrected chi connectivity index (χ0v) is 8.39. The Balaban J connectivity index is -0.000000320. The molecule has 10 heavy (non-hydrogen) atoms. The molecule has 0 aliphatic rings. The van der Waals surface area contributed by atoms with Crippen molar-refractivity contribution in [2.75, 3.05) is 5.75 Å². The number of amides is 1. The monoisotopic (exact) mass is 177 g/mol. The van der Waals surface area contributed by atoms with Gasteiger partial charge in [0.15, 0.2) is 0 Å². The number of primary amides is 1. The first-order valence-electron chi connectivity index (χ1n) is 2.15. The molecule has 56 valence electrons. The zero-order valence-electron chi connectivity index (χ0n) is 6.57. The van der Waals surface area contributed by atoms with E-state index < -0.39 is 21.8 Å². The van der Waals surface area contributed by atoms with Gasteiger partial charge in [0.1, 0.15) is 0 Å². The van der Waals surface area contributed by atoms with E-state index >= 15 is 0 Å². The molecule has 1 amide bonds. The summed E-state index contributed by atoms with van der Waals surface area (Å²) in [5, 5.41) is 0. The quantitative estimate of drug-likeness (QED) is 0.338. The molecule has 5 nitrogen and oxygen atoms in total. The van der Waals surface area contributed by atoms with E-state index in [9.17, 15) is 13.2 Å². The van der Waals surface area contributed by atoms with Crippen molar-refractivity contribution >= 4 is 16.0 Å². The zero-order chi connectivity index (χ0) is 7.49. The number of carbonyl (C=O) groups is 1. The Hall–Kier alpha value is 0.380. The first kappa shape index (κ1) is 13.0. The minimum absolute atomic E-state index is 0. The number of hydrogen-bond acceptors (Lipinski definition) is 3. The predicted octanol–water partition coefficient (Wildman–Crippen LogP) is -4.13. The Bertz CT molecular complexity index is 203. The maximum absolute atomic E-state index is 9.89. The van der Waals surface area contributed by atoms with Crippen molar-refractivity contribution in [2.45, 2.75) is 6.42 Å². The van der Waals surface area contributed by atoms with Crippen LogP contribution in [0.2, 0.25) is 0 Å². The van der Waals surface area contributed by atoms with E-state index in [4.69, 9.17) is 4.55 Å². The van der Waals surface area contributed by atoms with Crippen molar-refractivity contribution < 1.29 is 48.7 Å². The van der Waals surface area contributed by atoms with Crippen molar-refractivity contribution in [3.05, 3.63) is 0 Å². The summed E-state index contributed by atoms with van der Waals surface area (Å²) in [6, 6.07) is 0. The van der Waals surface area contributed by atoms with Gasteiger partial charge in [0.25, 0.3) is 10.1 Å². The molecule has 0 rings (SSSR count). The largest absolute Gasteiger partial charge is 1.00 e. The van der Waals surface area contributed by atoms with Gasteiger partial charge < -0.3 is 7.16 Å². The molecule has 3 N–H and O–H groups in total. The summed E-state index contributed by atoms with van der Waals surface area (Å²) in [4.78, 5) is 9.89. The van der Waals surface area contributed by atoms with Crippen LogP contribution in [-0.4, -0.2) is 24.6 Å². The van der Waals surface area contributed by atoms with Gasteiger partial charge in [0, 0.05) is 6.42 Å². The van der Waals surface area contributed by atoms with E-state index in [0.717, 1.165) is 0 Å². The van der Waals surface area contributed by atoms with Gasteiger partial charge in [-0.2, -0.15) is 8.42 Å². The summed E-state index contributed by atoms with van der Waals surface area (Å²) >= 11 is 0. The van der Waals surface area contributed by atoms with Gasteiger partial charge in [-0.25, -0.2) is 0 Å². The molecule has 0 aliphatic heterocycles. The molecule has 0 radical (unpaired) electrons. The molecule has 0 saturated carbocycles. The van der Waals surface area contributed by atoms with Crippen LogP contribution in [0, 0.1) is 0 Å².